The van der Waals surface area contributed by atoms with E-state index < -0.39 is 9.84 Å². The van der Waals surface area contributed by atoms with E-state index in [0.717, 1.165) is 6.42 Å². The van der Waals surface area contributed by atoms with E-state index in [-0.39, 0.29) is 30.1 Å². The molecule has 1 heterocycles. The fourth-order valence-electron chi connectivity index (χ4n) is 2.22. The van der Waals surface area contributed by atoms with Gasteiger partial charge in [0.1, 0.15) is 0 Å². The number of nitrogens with one attached hydrogen (secondary N) is 1. The Morgan fingerprint density at radius 3 is 2.55 bits per heavy atom. The molecule has 7 heteroatoms. The number of hydrogen-bond acceptors (Lipinski definition) is 5. The van der Waals surface area contributed by atoms with Crippen LogP contribution >= 0.6 is 0 Å². The van der Waals surface area contributed by atoms with Crippen molar-refractivity contribution in [1.29, 1.82) is 0 Å². The summed E-state index contributed by atoms with van der Waals surface area (Å²) in [7, 11) is -3.00. The lowest BCUT2D eigenvalue weighted by Crippen LogP contribution is -2.38. The van der Waals surface area contributed by atoms with Crippen LogP contribution in [-0.4, -0.2) is 45.1 Å². The maximum absolute atomic E-state index is 11.8. The first kappa shape index (κ1) is 16.6. The second-order valence-corrected chi connectivity index (χ2v) is 7.48. The van der Waals surface area contributed by atoms with Crippen molar-refractivity contribution in [3.8, 4) is 11.5 Å². The molecule has 1 fully saturated rings. The molecule has 0 spiro atoms. The quantitative estimate of drug-likeness (QED) is 0.812. The van der Waals surface area contributed by atoms with E-state index >= 15 is 0 Å². The first-order chi connectivity index (χ1) is 10.5. The highest BCUT2D eigenvalue weighted by molar-refractivity contribution is 7.91. The zero-order chi connectivity index (χ0) is 16.0. The molecule has 0 aromatic heterocycles. The Bertz CT molecular complexity index is 614. The van der Waals surface area contributed by atoms with Crippen LogP contribution in [0.3, 0.4) is 0 Å². The Morgan fingerprint density at radius 1 is 1.27 bits per heavy atom. The largest absolute Gasteiger partial charge is 0.490 e. The van der Waals surface area contributed by atoms with Crippen molar-refractivity contribution in [2.45, 2.75) is 25.8 Å². The van der Waals surface area contributed by atoms with Crippen LogP contribution in [0.1, 0.15) is 19.8 Å². The van der Waals surface area contributed by atoms with Crippen molar-refractivity contribution in [3.05, 3.63) is 24.3 Å². The van der Waals surface area contributed by atoms with Crippen molar-refractivity contribution < 1.29 is 22.7 Å². The molecule has 6 nitrogen and oxygen atoms in total. The number of sulfone groups is 1. The van der Waals surface area contributed by atoms with Crippen LogP contribution in [0.15, 0.2) is 24.3 Å². The van der Waals surface area contributed by atoms with Crippen molar-refractivity contribution in [2.75, 3.05) is 24.7 Å². The van der Waals surface area contributed by atoms with Crippen molar-refractivity contribution in [2.24, 2.45) is 0 Å². The number of hydrogen-bond donors (Lipinski definition) is 1. The van der Waals surface area contributed by atoms with Crippen molar-refractivity contribution in [3.63, 3.8) is 0 Å². The Kier molecular flexibility index (Phi) is 5.65. The zero-order valence-electron chi connectivity index (χ0n) is 12.6. The van der Waals surface area contributed by atoms with Gasteiger partial charge in [0.25, 0.3) is 5.91 Å². The van der Waals surface area contributed by atoms with Crippen LogP contribution in [0.5, 0.6) is 11.5 Å². The van der Waals surface area contributed by atoms with E-state index in [1.807, 2.05) is 13.0 Å². The normalized spacial score (nSPS) is 19.6. The summed E-state index contributed by atoms with van der Waals surface area (Å²) in [6.07, 6.45) is 1.34. The minimum Gasteiger partial charge on any atom is -0.490 e. The van der Waals surface area contributed by atoms with Crippen LogP contribution in [0.4, 0.5) is 0 Å². The molecular weight excluding hydrogens is 306 g/mol. The summed E-state index contributed by atoms with van der Waals surface area (Å²) >= 11 is 0. The van der Waals surface area contributed by atoms with E-state index in [2.05, 4.69) is 5.32 Å². The fourth-order valence-corrected chi connectivity index (χ4v) is 3.90. The van der Waals surface area contributed by atoms with Gasteiger partial charge in [-0.3, -0.25) is 4.79 Å². The molecule has 0 unspecified atom stereocenters. The lowest BCUT2D eigenvalue weighted by atomic mass is 10.2. The molecule has 1 saturated heterocycles. The van der Waals surface area contributed by atoms with E-state index in [1.165, 1.54) is 0 Å². The van der Waals surface area contributed by atoms with Crippen LogP contribution < -0.4 is 14.8 Å². The molecule has 1 N–H and O–H groups in total. The Labute approximate surface area is 130 Å². The van der Waals surface area contributed by atoms with Crippen molar-refractivity contribution in [1.82, 2.24) is 5.32 Å². The number of ether oxygens (including phenoxy) is 2. The maximum Gasteiger partial charge on any atom is 0.258 e. The Morgan fingerprint density at radius 2 is 1.95 bits per heavy atom. The third-order valence-corrected chi connectivity index (χ3v) is 5.04. The summed E-state index contributed by atoms with van der Waals surface area (Å²) in [6, 6.07) is 6.84. The molecule has 0 aliphatic carbocycles. The molecule has 0 radical (unpaired) electrons. The van der Waals surface area contributed by atoms with E-state index in [4.69, 9.17) is 9.47 Å². The van der Waals surface area contributed by atoms with Crippen molar-refractivity contribution >= 4 is 15.7 Å². The summed E-state index contributed by atoms with van der Waals surface area (Å²) in [6.45, 7) is 2.42. The number of rotatable bonds is 7. The molecule has 0 saturated carbocycles. The lowest BCUT2D eigenvalue weighted by molar-refractivity contribution is -0.123. The summed E-state index contributed by atoms with van der Waals surface area (Å²) in [5.74, 6) is 0.916. The molecule has 1 aliphatic heterocycles. The van der Waals surface area contributed by atoms with Gasteiger partial charge in [-0.05, 0) is 25.0 Å². The third-order valence-electron chi connectivity index (χ3n) is 3.27. The Balaban J connectivity index is 1.84. The van der Waals surface area contributed by atoms with Crippen LogP contribution in [0.2, 0.25) is 0 Å². The van der Waals surface area contributed by atoms with Gasteiger partial charge in [-0.1, -0.05) is 19.1 Å². The van der Waals surface area contributed by atoms with Gasteiger partial charge < -0.3 is 14.8 Å². The van der Waals surface area contributed by atoms with Crippen LogP contribution in [0.25, 0.3) is 0 Å². The highest BCUT2D eigenvalue weighted by Gasteiger charge is 2.28. The fraction of sp³-hybridized carbons (Fsp3) is 0.533. The molecule has 0 bridgehead atoms. The SMILES string of the molecule is CCCOc1ccccc1OCC(=O)N[C@H]1CCS(=O)(=O)C1. The summed E-state index contributed by atoms with van der Waals surface area (Å²) < 4.78 is 33.7. The molecular formula is C15H21NO5S. The van der Waals surface area contributed by atoms with Gasteiger partial charge >= 0.3 is 0 Å². The molecule has 2 rings (SSSR count). The van der Waals surface area contributed by atoms with Crippen LogP contribution in [-0.2, 0) is 14.6 Å². The molecule has 1 aromatic carbocycles. The minimum atomic E-state index is -3.00. The zero-order valence-corrected chi connectivity index (χ0v) is 13.4. The lowest BCUT2D eigenvalue weighted by Gasteiger charge is -2.14. The second-order valence-electron chi connectivity index (χ2n) is 5.25. The first-order valence-electron chi connectivity index (χ1n) is 7.34. The third kappa shape index (κ3) is 4.91. The average Bonchev–Trinajstić information content (AvgIpc) is 2.82. The van der Waals surface area contributed by atoms with Gasteiger partial charge in [-0.15, -0.1) is 0 Å². The topological polar surface area (TPSA) is 81.7 Å². The summed E-state index contributed by atoms with van der Waals surface area (Å²) in [5, 5.41) is 2.68. The predicted molar refractivity (Wildman–Crippen MR) is 82.9 cm³/mol. The molecule has 122 valence electrons. The summed E-state index contributed by atoms with van der Waals surface area (Å²) in [4.78, 5) is 11.8. The highest BCUT2D eigenvalue weighted by atomic mass is 32.2. The van der Waals surface area contributed by atoms with Gasteiger partial charge in [-0.2, -0.15) is 0 Å². The predicted octanol–water partition coefficient (Wildman–Crippen LogP) is 1.16. The molecule has 22 heavy (non-hydrogen) atoms. The van der Waals surface area contributed by atoms with Crippen LogP contribution in [0, 0.1) is 0 Å². The second kappa shape index (κ2) is 7.49. The number of benzene rings is 1. The maximum atomic E-state index is 11.8. The number of para-hydroxylation sites is 2. The first-order valence-corrected chi connectivity index (χ1v) is 9.16. The number of carbonyl (C=O) groups is 1. The van der Waals surface area contributed by atoms with Gasteiger partial charge in [-0.25, -0.2) is 8.42 Å². The Hall–Kier alpha value is -1.76. The van der Waals surface area contributed by atoms with E-state index in [0.29, 0.717) is 24.5 Å². The van der Waals surface area contributed by atoms with Gasteiger partial charge in [0.05, 0.1) is 18.1 Å². The summed E-state index contributed by atoms with van der Waals surface area (Å²) in [5.41, 5.74) is 0. The van der Waals surface area contributed by atoms with Gasteiger partial charge in [0.2, 0.25) is 0 Å². The monoisotopic (exact) mass is 327 g/mol. The van der Waals surface area contributed by atoms with E-state index in [1.54, 1.807) is 18.2 Å². The average molecular weight is 327 g/mol. The number of carbonyl (C=O) groups excluding carboxylic acids is 1. The highest BCUT2D eigenvalue weighted by Crippen LogP contribution is 2.26. The smallest absolute Gasteiger partial charge is 0.258 e. The molecule has 1 atom stereocenters. The van der Waals surface area contributed by atoms with Gasteiger partial charge in [0.15, 0.2) is 27.9 Å². The minimum absolute atomic E-state index is 0.00887. The molecule has 1 aromatic rings. The number of amides is 1. The van der Waals surface area contributed by atoms with Gasteiger partial charge in [0, 0.05) is 6.04 Å². The molecule has 1 aliphatic rings. The molecule has 1 amide bonds. The standard InChI is InChI=1S/C15H21NO5S/c1-2-8-20-13-5-3-4-6-14(13)21-10-15(17)16-12-7-9-22(18,19)11-12/h3-6,12H,2,7-11H2,1H3,(H,16,17)/t12-/m0/s1. The van der Waals surface area contributed by atoms with E-state index in [9.17, 15) is 13.2 Å².